The summed E-state index contributed by atoms with van der Waals surface area (Å²) in [7, 11) is 1.92. The van der Waals surface area contributed by atoms with E-state index in [0.717, 1.165) is 6.42 Å². The highest BCUT2D eigenvalue weighted by molar-refractivity contribution is 4.97. The van der Waals surface area contributed by atoms with Crippen LogP contribution < -0.4 is 0 Å². The van der Waals surface area contributed by atoms with Crippen LogP contribution in [0.5, 0.6) is 0 Å². The summed E-state index contributed by atoms with van der Waals surface area (Å²) < 4.78 is 0. The topological polar surface area (TPSA) is 23.5 Å². The number of hydrogen-bond donors (Lipinski definition) is 1. The van der Waals surface area contributed by atoms with Crippen molar-refractivity contribution in [3.63, 3.8) is 0 Å². The van der Waals surface area contributed by atoms with Crippen molar-refractivity contribution in [2.45, 2.75) is 33.2 Å². The Morgan fingerprint density at radius 3 is 2.55 bits per heavy atom. The van der Waals surface area contributed by atoms with E-state index in [-0.39, 0.29) is 6.73 Å². The summed E-state index contributed by atoms with van der Waals surface area (Å²) in [6.07, 6.45) is 3.15. The van der Waals surface area contributed by atoms with Crippen LogP contribution in [0.4, 0.5) is 0 Å². The molecule has 0 aromatic rings. The molecular weight excluding hydrogens is 138 g/mol. The summed E-state index contributed by atoms with van der Waals surface area (Å²) in [5.41, 5.74) is 1.37. The lowest BCUT2D eigenvalue weighted by molar-refractivity contribution is 0.0999. The molecule has 0 radical (unpaired) electrons. The predicted molar refractivity (Wildman–Crippen MR) is 48.4 cm³/mol. The van der Waals surface area contributed by atoms with E-state index in [4.69, 9.17) is 5.11 Å². The third kappa shape index (κ3) is 4.17. The SMILES string of the molecule is C/C=C(/C)CC(C)N(C)CO. The first kappa shape index (κ1) is 10.7. The zero-order valence-electron chi connectivity index (χ0n) is 7.96. The van der Waals surface area contributed by atoms with Crippen molar-refractivity contribution in [3.8, 4) is 0 Å². The number of nitrogens with zero attached hydrogens (tertiary/aromatic N) is 1. The first-order chi connectivity index (χ1) is 5.11. The zero-order valence-corrected chi connectivity index (χ0v) is 7.96. The van der Waals surface area contributed by atoms with Gasteiger partial charge in [0.05, 0.1) is 6.73 Å². The van der Waals surface area contributed by atoms with Gasteiger partial charge in [0, 0.05) is 6.04 Å². The van der Waals surface area contributed by atoms with Crippen LogP contribution in [0, 0.1) is 0 Å². The third-order valence-corrected chi connectivity index (χ3v) is 2.09. The van der Waals surface area contributed by atoms with E-state index >= 15 is 0 Å². The standard InChI is InChI=1S/C9H19NO/c1-5-8(2)6-9(3)10(4)7-11/h5,9,11H,6-7H2,1-4H3/b8-5-. The number of aliphatic hydroxyl groups excluding tert-OH is 1. The van der Waals surface area contributed by atoms with Crippen LogP contribution >= 0.6 is 0 Å². The molecule has 0 aliphatic rings. The molecule has 0 aliphatic heterocycles. The van der Waals surface area contributed by atoms with E-state index in [0.29, 0.717) is 6.04 Å². The van der Waals surface area contributed by atoms with Gasteiger partial charge in [-0.25, -0.2) is 0 Å². The Kier molecular flexibility index (Phi) is 5.16. The Labute approximate surface area is 69.5 Å². The summed E-state index contributed by atoms with van der Waals surface area (Å²) in [6.45, 7) is 6.41. The molecule has 0 aromatic carbocycles. The molecule has 0 amide bonds. The Morgan fingerprint density at radius 1 is 1.64 bits per heavy atom. The largest absolute Gasteiger partial charge is 0.381 e. The van der Waals surface area contributed by atoms with E-state index in [2.05, 4.69) is 19.9 Å². The van der Waals surface area contributed by atoms with E-state index in [1.54, 1.807) is 0 Å². The monoisotopic (exact) mass is 157 g/mol. The molecule has 0 saturated carbocycles. The van der Waals surface area contributed by atoms with Gasteiger partial charge < -0.3 is 5.11 Å². The fraction of sp³-hybridized carbons (Fsp3) is 0.778. The molecule has 66 valence electrons. The minimum atomic E-state index is 0.137. The van der Waals surface area contributed by atoms with Crippen molar-refractivity contribution < 1.29 is 5.11 Å². The number of hydrogen-bond acceptors (Lipinski definition) is 2. The van der Waals surface area contributed by atoms with Crippen LogP contribution in [0.3, 0.4) is 0 Å². The highest BCUT2D eigenvalue weighted by Crippen LogP contribution is 2.07. The average molecular weight is 157 g/mol. The molecule has 0 rings (SSSR count). The van der Waals surface area contributed by atoms with E-state index in [1.165, 1.54) is 5.57 Å². The number of rotatable bonds is 4. The minimum Gasteiger partial charge on any atom is -0.381 e. The highest BCUT2D eigenvalue weighted by atomic mass is 16.3. The van der Waals surface area contributed by atoms with E-state index in [1.807, 2.05) is 18.9 Å². The van der Waals surface area contributed by atoms with Crippen molar-refractivity contribution in [3.05, 3.63) is 11.6 Å². The van der Waals surface area contributed by atoms with Gasteiger partial charge >= 0.3 is 0 Å². The van der Waals surface area contributed by atoms with Crippen LogP contribution in [0.1, 0.15) is 27.2 Å². The quantitative estimate of drug-likeness (QED) is 0.495. The lowest BCUT2D eigenvalue weighted by Gasteiger charge is -2.22. The van der Waals surface area contributed by atoms with Gasteiger partial charge in [-0.15, -0.1) is 0 Å². The molecule has 0 saturated heterocycles. The number of allylic oxidation sites excluding steroid dienone is 1. The summed E-state index contributed by atoms with van der Waals surface area (Å²) in [4.78, 5) is 1.92. The molecule has 1 N–H and O–H groups in total. The first-order valence-electron chi connectivity index (χ1n) is 4.04. The third-order valence-electron chi connectivity index (χ3n) is 2.09. The fourth-order valence-electron chi connectivity index (χ4n) is 0.879. The fourth-order valence-corrected chi connectivity index (χ4v) is 0.879. The molecule has 0 fully saturated rings. The minimum absolute atomic E-state index is 0.137. The molecule has 0 heterocycles. The Balaban J connectivity index is 3.76. The molecule has 11 heavy (non-hydrogen) atoms. The Morgan fingerprint density at radius 2 is 2.18 bits per heavy atom. The molecule has 2 nitrogen and oxygen atoms in total. The smallest absolute Gasteiger partial charge is 0.0956 e. The zero-order chi connectivity index (χ0) is 8.85. The molecule has 0 aliphatic carbocycles. The molecule has 1 atom stereocenters. The first-order valence-corrected chi connectivity index (χ1v) is 4.04. The summed E-state index contributed by atoms with van der Waals surface area (Å²) in [5, 5.41) is 8.80. The molecule has 0 aromatic heterocycles. The van der Waals surface area contributed by atoms with Crippen molar-refractivity contribution in [2.24, 2.45) is 0 Å². The van der Waals surface area contributed by atoms with Gasteiger partial charge in [0.25, 0.3) is 0 Å². The number of aliphatic hydroxyl groups is 1. The van der Waals surface area contributed by atoms with Crippen LogP contribution in [0.15, 0.2) is 11.6 Å². The molecular formula is C9H19NO. The maximum Gasteiger partial charge on any atom is 0.0956 e. The second kappa shape index (κ2) is 5.33. The van der Waals surface area contributed by atoms with Crippen LogP contribution in [-0.2, 0) is 0 Å². The van der Waals surface area contributed by atoms with Crippen molar-refractivity contribution in [1.29, 1.82) is 0 Å². The average Bonchev–Trinajstić information content (AvgIpc) is 2.02. The van der Waals surface area contributed by atoms with Crippen LogP contribution in [-0.4, -0.2) is 29.8 Å². The van der Waals surface area contributed by atoms with Gasteiger partial charge in [-0.1, -0.05) is 11.6 Å². The highest BCUT2D eigenvalue weighted by Gasteiger charge is 2.06. The second-order valence-electron chi connectivity index (χ2n) is 3.09. The van der Waals surface area contributed by atoms with Crippen LogP contribution in [0.25, 0.3) is 0 Å². The molecule has 1 unspecified atom stereocenters. The summed E-state index contributed by atoms with van der Waals surface area (Å²) in [5.74, 6) is 0. The van der Waals surface area contributed by atoms with E-state index in [9.17, 15) is 0 Å². The van der Waals surface area contributed by atoms with Crippen molar-refractivity contribution in [1.82, 2.24) is 4.90 Å². The van der Waals surface area contributed by atoms with Crippen LogP contribution in [0.2, 0.25) is 0 Å². The maximum atomic E-state index is 8.80. The summed E-state index contributed by atoms with van der Waals surface area (Å²) >= 11 is 0. The van der Waals surface area contributed by atoms with Gasteiger partial charge in [-0.2, -0.15) is 0 Å². The van der Waals surface area contributed by atoms with Gasteiger partial charge in [0.15, 0.2) is 0 Å². The second-order valence-corrected chi connectivity index (χ2v) is 3.09. The predicted octanol–water partition coefficient (Wildman–Crippen LogP) is 1.61. The van der Waals surface area contributed by atoms with Gasteiger partial charge in [0.1, 0.15) is 0 Å². The summed E-state index contributed by atoms with van der Waals surface area (Å²) in [6, 6.07) is 0.427. The Hall–Kier alpha value is -0.340. The van der Waals surface area contributed by atoms with Gasteiger partial charge in [0.2, 0.25) is 0 Å². The van der Waals surface area contributed by atoms with Gasteiger partial charge in [-0.05, 0) is 34.2 Å². The lowest BCUT2D eigenvalue weighted by Crippen LogP contribution is -2.29. The Bertz CT molecular complexity index is 132. The molecule has 2 heteroatoms. The molecule has 0 spiro atoms. The normalized spacial score (nSPS) is 15.6. The maximum absolute atomic E-state index is 8.80. The van der Waals surface area contributed by atoms with Crippen molar-refractivity contribution >= 4 is 0 Å². The van der Waals surface area contributed by atoms with Gasteiger partial charge in [-0.3, -0.25) is 4.90 Å². The molecule has 0 bridgehead atoms. The van der Waals surface area contributed by atoms with Crippen molar-refractivity contribution in [2.75, 3.05) is 13.8 Å². The lowest BCUT2D eigenvalue weighted by atomic mass is 10.1. The van der Waals surface area contributed by atoms with E-state index < -0.39 is 0 Å².